The van der Waals surface area contributed by atoms with E-state index in [0.717, 1.165) is 0 Å². The van der Waals surface area contributed by atoms with Crippen LogP contribution in [0.25, 0.3) is 10.9 Å². The van der Waals surface area contributed by atoms with Gasteiger partial charge in [-0.25, -0.2) is 4.98 Å². The number of nitro benzene ring substituents is 1. The molecule has 0 fully saturated rings. The average Bonchev–Trinajstić information content (AvgIpc) is 2.55. The molecular formula is C16H13N3O4. The molecule has 0 bridgehead atoms. The van der Waals surface area contributed by atoms with Crippen LogP contribution in [0.1, 0.15) is 18.9 Å². The molecule has 0 spiro atoms. The molecule has 7 heteroatoms. The molecule has 0 saturated carbocycles. The van der Waals surface area contributed by atoms with Crippen molar-refractivity contribution in [3.63, 3.8) is 0 Å². The van der Waals surface area contributed by atoms with Gasteiger partial charge in [-0.15, -0.1) is 0 Å². The van der Waals surface area contributed by atoms with E-state index in [-0.39, 0.29) is 11.2 Å². The molecule has 1 heterocycles. The van der Waals surface area contributed by atoms with Crippen LogP contribution in [0.2, 0.25) is 0 Å². The van der Waals surface area contributed by atoms with E-state index in [0.29, 0.717) is 22.5 Å². The fourth-order valence-corrected chi connectivity index (χ4v) is 2.20. The number of non-ortho nitro benzene ring substituents is 1. The lowest BCUT2D eigenvalue weighted by Gasteiger charge is -2.14. The van der Waals surface area contributed by atoms with Crippen molar-refractivity contribution in [3.8, 4) is 5.75 Å². The third-order valence-electron chi connectivity index (χ3n) is 3.38. The predicted octanol–water partition coefficient (Wildman–Crippen LogP) is 2.97. The number of nitro groups is 1. The van der Waals surface area contributed by atoms with Crippen LogP contribution in [0.4, 0.5) is 5.69 Å². The number of H-pyrrole nitrogens is 1. The van der Waals surface area contributed by atoms with Gasteiger partial charge in [0.25, 0.3) is 11.2 Å². The molecule has 0 amide bonds. The summed E-state index contributed by atoms with van der Waals surface area (Å²) in [6, 6.07) is 12.8. The van der Waals surface area contributed by atoms with Crippen LogP contribution < -0.4 is 10.3 Å². The Morgan fingerprint density at radius 3 is 2.57 bits per heavy atom. The lowest BCUT2D eigenvalue weighted by Crippen LogP contribution is -2.16. The van der Waals surface area contributed by atoms with Gasteiger partial charge in [0.2, 0.25) is 0 Å². The number of hydrogen-bond acceptors (Lipinski definition) is 5. The predicted molar refractivity (Wildman–Crippen MR) is 84.5 cm³/mol. The zero-order valence-electron chi connectivity index (χ0n) is 12.2. The van der Waals surface area contributed by atoms with E-state index >= 15 is 0 Å². The Morgan fingerprint density at radius 2 is 1.87 bits per heavy atom. The highest BCUT2D eigenvalue weighted by molar-refractivity contribution is 5.77. The first kappa shape index (κ1) is 14.7. The number of benzene rings is 2. The minimum atomic E-state index is -0.506. The first-order valence-electron chi connectivity index (χ1n) is 6.94. The van der Waals surface area contributed by atoms with Crippen LogP contribution in [-0.4, -0.2) is 14.9 Å². The van der Waals surface area contributed by atoms with Gasteiger partial charge in [-0.2, -0.15) is 0 Å². The molecule has 0 aliphatic heterocycles. The van der Waals surface area contributed by atoms with Gasteiger partial charge in [-0.05, 0) is 31.2 Å². The van der Waals surface area contributed by atoms with E-state index in [4.69, 9.17) is 4.74 Å². The van der Waals surface area contributed by atoms with Crippen molar-refractivity contribution in [1.29, 1.82) is 0 Å². The summed E-state index contributed by atoms with van der Waals surface area (Å²) < 4.78 is 5.68. The molecule has 1 aromatic heterocycles. The highest BCUT2D eigenvalue weighted by Gasteiger charge is 2.13. The van der Waals surface area contributed by atoms with Crippen LogP contribution in [-0.2, 0) is 0 Å². The average molecular weight is 311 g/mol. The first-order valence-corrected chi connectivity index (χ1v) is 6.94. The molecule has 116 valence electrons. The van der Waals surface area contributed by atoms with Crippen LogP contribution in [0.15, 0.2) is 53.3 Å². The number of nitrogens with one attached hydrogen (secondary N) is 1. The maximum atomic E-state index is 12.0. The standard InChI is InChI=1S/C16H13N3O4/c1-10(23-12-8-6-11(7-9-12)19(21)22)15-17-14-5-3-2-4-13(14)16(20)18-15/h2-10H,1H3,(H,17,18,20)/t10-/m1/s1. The van der Waals surface area contributed by atoms with Crippen molar-refractivity contribution < 1.29 is 9.66 Å². The Labute approximate surface area is 130 Å². The van der Waals surface area contributed by atoms with Gasteiger partial charge >= 0.3 is 0 Å². The molecule has 0 aliphatic carbocycles. The maximum Gasteiger partial charge on any atom is 0.269 e. The molecule has 0 aliphatic rings. The number of aromatic nitrogens is 2. The van der Waals surface area contributed by atoms with E-state index in [1.54, 1.807) is 31.2 Å². The fourth-order valence-electron chi connectivity index (χ4n) is 2.20. The number of hydrogen-bond donors (Lipinski definition) is 1. The molecule has 1 N–H and O–H groups in total. The molecule has 23 heavy (non-hydrogen) atoms. The number of rotatable bonds is 4. The maximum absolute atomic E-state index is 12.0. The number of aromatic amines is 1. The summed E-state index contributed by atoms with van der Waals surface area (Å²) in [4.78, 5) is 29.3. The van der Waals surface area contributed by atoms with Crippen molar-refractivity contribution >= 4 is 16.6 Å². The molecule has 0 saturated heterocycles. The molecular weight excluding hydrogens is 298 g/mol. The number of ether oxygens (including phenoxy) is 1. The van der Waals surface area contributed by atoms with E-state index in [1.807, 2.05) is 0 Å². The van der Waals surface area contributed by atoms with Crippen molar-refractivity contribution in [3.05, 3.63) is 74.8 Å². The minimum absolute atomic E-state index is 0.0118. The van der Waals surface area contributed by atoms with Gasteiger partial charge in [0, 0.05) is 12.1 Å². The highest BCUT2D eigenvalue weighted by Crippen LogP contribution is 2.22. The zero-order chi connectivity index (χ0) is 16.4. The van der Waals surface area contributed by atoms with Crippen molar-refractivity contribution in [2.24, 2.45) is 0 Å². The number of para-hydroxylation sites is 1. The van der Waals surface area contributed by atoms with E-state index in [2.05, 4.69) is 9.97 Å². The minimum Gasteiger partial charge on any atom is -0.483 e. The van der Waals surface area contributed by atoms with Crippen LogP contribution >= 0.6 is 0 Å². The van der Waals surface area contributed by atoms with Crippen molar-refractivity contribution in [2.45, 2.75) is 13.0 Å². The normalized spacial score (nSPS) is 12.0. The largest absolute Gasteiger partial charge is 0.483 e. The Balaban J connectivity index is 1.87. The Bertz CT molecular complexity index is 919. The van der Waals surface area contributed by atoms with Gasteiger partial charge in [-0.3, -0.25) is 14.9 Å². The summed E-state index contributed by atoms with van der Waals surface area (Å²) in [5.74, 6) is 0.853. The smallest absolute Gasteiger partial charge is 0.269 e. The summed E-state index contributed by atoms with van der Waals surface area (Å²) in [5, 5.41) is 11.1. The molecule has 7 nitrogen and oxygen atoms in total. The highest BCUT2D eigenvalue weighted by atomic mass is 16.6. The van der Waals surface area contributed by atoms with Crippen LogP contribution in [0, 0.1) is 10.1 Å². The van der Waals surface area contributed by atoms with Gasteiger partial charge in [0.15, 0.2) is 11.9 Å². The van der Waals surface area contributed by atoms with Crippen molar-refractivity contribution in [1.82, 2.24) is 9.97 Å². The first-order chi connectivity index (χ1) is 11.0. The second kappa shape index (κ2) is 5.88. The van der Waals surface area contributed by atoms with Gasteiger partial charge in [0.05, 0.1) is 15.8 Å². The number of nitrogens with zero attached hydrogens (tertiary/aromatic N) is 2. The molecule has 2 aromatic carbocycles. The third kappa shape index (κ3) is 3.03. The second-order valence-corrected chi connectivity index (χ2v) is 4.98. The molecule has 3 rings (SSSR count). The van der Waals surface area contributed by atoms with Gasteiger partial charge in [0.1, 0.15) is 5.75 Å². The molecule has 0 unspecified atom stereocenters. The zero-order valence-corrected chi connectivity index (χ0v) is 12.2. The quantitative estimate of drug-likeness (QED) is 0.590. The summed E-state index contributed by atoms with van der Waals surface area (Å²) in [6.45, 7) is 1.74. The SMILES string of the molecule is C[C@@H](Oc1ccc([N+](=O)[O-])cc1)c1nc2ccccc2c(=O)[nH]1. The Morgan fingerprint density at radius 1 is 1.17 bits per heavy atom. The summed E-state index contributed by atoms with van der Waals surface area (Å²) in [6.07, 6.45) is -0.506. The second-order valence-electron chi connectivity index (χ2n) is 4.98. The van der Waals surface area contributed by atoms with E-state index < -0.39 is 11.0 Å². The summed E-state index contributed by atoms with van der Waals surface area (Å²) in [5.41, 5.74) is 0.345. The van der Waals surface area contributed by atoms with E-state index in [9.17, 15) is 14.9 Å². The molecule has 3 aromatic rings. The summed E-state index contributed by atoms with van der Waals surface area (Å²) >= 11 is 0. The lowest BCUT2D eigenvalue weighted by atomic mass is 10.2. The van der Waals surface area contributed by atoms with E-state index in [1.165, 1.54) is 24.3 Å². The number of fused-ring (bicyclic) bond motifs is 1. The van der Waals surface area contributed by atoms with Gasteiger partial charge in [-0.1, -0.05) is 12.1 Å². The van der Waals surface area contributed by atoms with Crippen molar-refractivity contribution in [2.75, 3.05) is 0 Å². The third-order valence-corrected chi connectivity index (χ3v) is 3.38. The lowest BCUT2D eigenvalue weighted by molar-refractivity contribution is -0.384. The van der Waals surface area contributed by atoms with Crippen LogP contribution in [0.3, 0.4) is 0 Å². The molecule has 1 atom stereocenters. The Kier molecular flexibility index (Phi) is 3.76. The fraction of sp³-hybridized carbons (Fsp3) is 0.125. The monoisotopic (exact) mass is 311 g/mol. The Hall–Kier alpha value is -3.22. The van der Waals surface area contributed by atoms with Crippen LogP contribution in [0.5, 0.6) is 5.75 Å². The topological polar surface area (TPSA) is 98.1 Å². The van der Waals surface area contributed by atoms with Gasteiger partial charge < -0.3 is 9.72 Å². The summed E-state index contributed by atoms with van der Waals surface area (Å²) in [7, 11) is 0. The molecule has 0 radical (unpaired) electrons.